The number of halogens is 5. The summed E-state index contributed by atoms with van der Waals surface area (Å²) < 4.78 is 48.6. The first kappa shape index (κ1) is 14.4. The molecule has 8 heteroatoms. The van der Waals surface area contributed by atoms with E-state index in [9.17, 15) is 22.4 Å². The van der Waals surface area contributed by atoms with E-state index in [1.807, 2.05) is 0 Å². The number of carbonyl (C=O) groups is 1. The van der Waals surface area contributed by atoms with E-state index in [1.54, 1.807) is 0 Å². The molecule has 90 valence electrons. The van der Waals surface area contributed by atoms with Gasteiger partial charge in [0.25, 0.3) is 5.91 Å². The van der Waals surface area contributed by atoms with Gasteiger partial charge in [-0.3, -0.25) is 4.79 Å². The van der Waals surface area contributed by atoms with Crippen molar-refractivity contribution in [3.8, 4) is 0 Å². The third-order valence-electron chi connectivity index (χ3n) is 2.07. The summed E-state index contributed by atoms with van der Waals surface area (Å²) in [6.07, 6.45) is -3.60. The van der Waals surface area contributed by atoms with Gasteiger partial charge in [-0.1, -0.05) is 0 Å². The monoisotopic (exact) mass is 250 g/mol. The minimum atomic E-state index is -4.59. The van der Waals surface area contributed by atoms with Gasteiger partial charge < -0.3 is 10.6 Å². The van der Waals surface area contributed by atoms with Crippen molar-refractivity contribution in [2.75, 3.05) is 13.1 Å². The Morgan fingerprint density at radius 3 is 2.33 bits per heavy atom. The lowest BCUT2D eigenvalue weighted by Gasteiger charge is -2.21. The van der Waals surface area contributed by atoms with Crippen molar-refractivity contribution in [1.29, 1.82) is 0 Å². The van der Waals surface area contributed by atoms with Crippen LogP contribution in [0.5, 0.6) is 0 Å². The van der Waals surface area contributed by atoms with E-state index in [0.29, 0.717) is 11.3 Å². The zero-order valence-electron chi connectivity index (χ0n) is 7.63. The maximum Gasteiger partial charge on any atom is 0.383 e. The predicted octanol–water partition coefficient (Wildman–Crippen LogP) is 0.868. The first-order chi connectivity index (χ1) is 6.35. The number of amides is 1. The summed E-state index contributed by atoms with van der Waals surface area (Å²) in [5.74, 6) is -6.43. The highest BCUT2D eigenvalue weighted by Crippen LogP contribution is 2.26. The van der Waals surface area contributed by atoms with Crippen LogP contribution >= 0.6 is 12.4 Å². The van der Waals surface area contributed by atoms with E-state index in [2.05, 4.69) is 0 Å². The van der Waals surface area contributed by atoms with Crippen molar-refractivity contribution in [3.63, 3.8) is 0 Å². The Balaban J connectivity index is 0.00000196. The zero-order valence-corrected chi connectivity index (χ0v) is 8.45. The number of likely N-dealkylation sites (tertiary alicyclic amines) is 1. The minimum Gasteiger partial charge on any atom is -0.336 e. The first-order valence-corrected chi connectivity index (χ1v) is 4.06. The van der Waals surface area contributed by atoms with Crippen LogP contribution in [0.3, 0.4) is 0 Å². The van der Waals surface area contributed by atoms with E-state index in [-0.39, 0.29) is 25.5 Å². The maximum absolute atomic E-state index is 12.5. The van der Waals surface area contributed by atoms with Gasteiger partial charge in [-0.25, -0.2) is 8.78 Å². The van der Waals surface area contributed by atoms with Gasteiger partial charge in [0.15, 0.2) is 0 Å². The fourth-order valence-corrected chi connectivity index (χ4v) is 1.28. The van der Waals surface area contributed by atoms with Crippen LogP contribution in [0.2, 0.25) is 0 Å². The smallest absolute Gasteiger partial charge is 0.336 e. The lowest BCUT2D eigenvalue weighted by atomic mass is 10.3. The van der Waals surface area contributed by atoms with E-state index >= 15 is 0 Å². The van der Waals surface area contributed by atoms with Gasteiger partial charge in [0.1, 0.15) is 0 Å². The molecule has 1 rings (SSSR count). The fraction of sp³-hybridized carbons (Fsp3) is 0.857. The Morgan fingerprint density at radius 2 is 2.00 bits per heavy atom. The number of hydrogen-bond acceptors (Lipinski definition) is 2. The molecule has 0 aromatic heterocycles. The van der Waals surface area contributed by atoms with E-state index < -0.39 is 24.3 Å². The summed E-state index contributed by atoms with van der Waals surface area (Å²) in [6, 6.07) is -0.396. The second kappa shape index (κ2) is 4.98. The van der Waals surface area contributed by atoms with Crippen LogP contribution in [0, 0.1) is 0 Å². The molecule has 0 radical (unpaired) electrons. The molecule has 0 spiro atoms. The quantitative estimate of drug-likeness (QED) is 0.739. The molecule has 1 saturated heterocycles. The molecular weight excluding hydrogens is 240 g/mol. The van der Waals surface area contributed by atoms with Crippen LogP contribution in [-0.4, -0.2) is 42.3 Å². The lowest BCUT2D eigenvalue weighted by molar-refractivity contribution is -0.179. The molecule has 0 saturated carbocycles. The molecule has 1 atom stereocenters. The van der Waals surface area contributed by atoms with E-state index in [4.69, 9.17) is 5.73 Å². The summed E-state index contributed by atoms with van der Waals surface area (Å²) >= 11 is 0. The number of nitrogens with two attached hydrogens (primary N) is 1. The second-order valence-electron chi connectivity index (χ2n) is 3.22. The molecule has 3 nitrogen and oxygen atoms in total. The van der Waals surface area contributed by atoms with Crippen LogP contribution < -0.4 is 5.73 Å². The van der Waals surface area contributed by atoms with Gasteiger partial charge >= 0.3 is 12.3 Å². The van der Waals surface area contributed by atoms with Crippen molar-refractivity contribution in [3.05, 3.63) is 0 Å². The minimum absolute atomic E-state index is 0. The number of alkyl halides is 4. The molecule has 2 N–H and O–H groups in total. The Morgan fingerprint density at radius 1 is 1.47 bits per heavy atom. The van der Waals surface area contributed by atoms with Crippen LogP contribution in [-0.2, 0) is 4.79 Å². The van der Waals surface area contributed by atoms with Crippen molar-refractivity contribution in [1.82, 2.24) is 4.90 Å². The number of rotatable bonds is 2. The van der Waals surface area contributed by atoms with Gasteiger partial charge in [0.2, 0.25) is 0 Å². The van der Waals surface area contributed by atoms with Crippen molar-refractivity contribution in [2.24, 2.45) is 5.73 Å². The van der Waals surface area contributed by atoms with Gasteiger partial charge in [0.05, 0.1) is 0 Å². The molecule has 1 fully saturated rings. The number of carbonyl (C=O) groups excluding carboxylic acids is 1. The molecule has 1 heterocycles. The summed E-state index contributed by atoms with van der Waals surface area (Å²) in [6.45, 7) is -0.0660. The topological polar surface area (TPSA) is 46.3 Å². The molecule has 0 aliphatic carbocycles. The molecule has 1 aliphatic heterocycles. The fourth-order valence-electron chi connectivity index (χ4n) is 1.28. The summed E-state index contributed by atoms with van der Waals surface area (Å²) in [4.78, 5) is 11.6. The Hall–Kier alpha value is -0.560. The number of nitrogens with zero attached hydrogens (tertiary/aromatic N) is 1. The lowest BCUT2D eigenvalue weighted by Crippen LogP contribution is -2.47. The van der Waals surface area contributed by atoms with Gasteiger partial charge in [0, 0.05) is 19.1 Å². The third kappa shape index (κ3) is 2.94. The van der Waals surface area contributed by atoms with Crippen molar-refractivity contribution >= 4 is 18.3 Å². The summed E-state index contributed by atoms with van der Waals surface area (Å²) in [7, 11) is 0. The maximum atomic E-state index is 12.5. The molecule has 0 bridgehead atoms. The second-order valence-corrected chi connectivity index (χ2v) is 3.22. The number of hydrogen-bond donors (Lipinski definition) is 1. The van der Waals surface area contributed by atoms with Crippen LogP contribution in [0.4, 0.5) is 17.6 Å². The molecular formula is C7H11ClF4N2O. The average molecular weight is 251 g/mol. The highest BCUT2D eigenvalue weighted by Gasteiger charge is 2.51. The third-order valence-corrected chi connectivity index (χ3v) is 2.07. The van der Waals surface area contributed by atoms with Crippen LogP contribution in [0.15, 0.2) is 0 Å². The molecule has 0 aromatic rings. The molecule has 15 heavy (non-hydrogen) atoms. The molecule has 0 unspecified atom stereocenters. The molecule has 1 aliphatic rings. The van der Waals surface area contributed by atoms with E-state index in [0.717, 1.165) is 0 Å². The molecule has 1 amide bonds. The van der Waals surface area contributed by atoms with Crippen LogP contribution in [0.25, 0.3) is 0 Å². The largest absolute Gasteiger partial charge is 0.383 e. The van der Waals surface area contributed by atoms with Crippen LogP contribution in [0.1, 0.15) is 6.42 Å². The van der Waals surface area contributed by atoms with Gasteiger partial charge in [-0.15, -0.1) is 12.4 Å². The average Bonchev–Trinajstić information content (AvgIpc) is 2.50. The van der Waals surface area contributed by atoms with E-state index in [1.165, 1.54) is 0 Å². The Kier molecular flexibility index (Phi) is 4.79. The zero-order chi connectivity index (χ0) is 10.9. The first-order valence-electron chi connectivity index (χ1n) is 4.06. The SMILES string of the molecule is Cl.N[C@H]1CCN(C(=O)C(F)(F)C(F)F)C1. The van der Waals surface area contributed by atoms with Crippen molar-refractivity contribution < 1.29 is 22.4 Å². The summed E-state index contributed by atoms with van der Waals surface area (Å²) in [5.41, 5.74) is 5.36. The van der Waals surface area contributed by atoms with Gasteiger partial charge in [-0.05, 0) is 6.42 Å². The molecule has 0 aromatic carbocycles. The standard InChI is InChI=1S/C7H10F4N2O.ClH/c8-5(9)7(10,11)6(14)13-2-1-4(12)3-13;/h4-5H,1-3,12H2;1H/t4-;/m0./s1. The predicted molar refractivity (Wildman–Crippen MR) is 47.4 cm³/mol. The highest BCUT2D eigenvalue weighted by atomic mass is 35.5. The Bertz CT molecular complexity index is 239. The Labute approximate surface area is 90.0 Å². The van der Waals surface area contributed by atoms with Gasteiger partial charge in [-0.2, -0.15) is 8.78 Å². The normalized spacial score (nSPS) is 21.7. The highest BCUT2D eigenvalue weighted by molar-refractivity contribution is 5.85. The summed E-state index contributed by atoms with van der Waals surface area (Å²) in [5, 5.41) is 0. The van der Waals surface area contributed by atoms with Crippen molar-refractivity contribution in [2.45, 2.75) is 24.8 Å².